The maximum atomic E-state index is 15.8. The van der Waals surface area contributed by atoms with E-state index in [4.69, 9.17) is 25.4 Å². The number of rotatable bonds is 5. The van der Waals surface area contributed by atoms with Crippen LogP contribution in [0.2, 0.25) is 0 Å². The lowest BCUT2D eigenvalue weighted by atomic mass is 10.0. The number of nitrogens with one attached hydrogen (secondary N) is 1. The lowest BCUT2D eigenvalue weighted by Gasteiger charge is -2.42. The van der Waals surface area contributed by atoms with Crippen molar-refractivity contribution in [3.05, 3.63) is 83.1 Å². The van der Waals surface area contributed by atoms with Crippen LogP contribution in [0, 0.1) is 17.0 Å². The quantitative estimate of drug-likeness (QED) is 0.286. The van der Waals surface area contributed by atoms with E-state index in [0.717, 1.165) is 17.7 Å². The predicted octanol–water partition coefficient (Wildman–Crippen LogP) is 4.86. The van der Waals surface area contributed by atoms with Gasteiger partial charge in [0, 0.05) is 35.6 Å². The summed E-state index contributed by atoms with van der Waals surface area (Å²) < 4.78 is 47.7. The van der Waals surface area contributed by atoms with E-state index in [2.05, 4.69) is 9.97 Å². The molecule has 2 aromatic heterocycles. The molecule has 0 bridgehead atoms. The van der Waals surface area contributed by atoms with Gasteiger partial charge in [-0.1, -0.05) is 18.2 Å². The fraction of sp³-hybridized carbons (Fsp3) is 0.148. The molecule has 38 heavy (non-hydrogen) atoms. The summed E-state index contributed by atoms with van der Waals surface area (Å²) in [5.41, 5.74) is 8.55. The summed E-state index contributed by atoms with van der Waals surface area (Å²) in [7, 11) is 2.59. The molecule has 0 amide bonds. The zero-order valence-corrected chi connectivity index (χ0v) is 20.5. The SMILES string of the molecule is COc1cc(OC)c(F)c(N2Cc3cnc(N)c(C=N)c3N(c3cccc4cccnc34)/C2=C2\CO2)c1F. The van der Waals surface area contributed by atoms with Crippen LogP contribution in [0.4, 0.5) is 31.7 Å². The molecule has 0 radical (unpaired) electrons. The molecule has 1 saturated heterocycles. The third kappa shape index (κ3) is 3.46. The van der Waals surface area contributed by atoms with Crippen molar-refractivity contribution >= 4 is 40.0 Å². The van der Waals surface area contributed by atoms with Gasteiger partial charge in [-0.3, -0.25) is 9.88 Å². The number of hydrogen-bond donors (Lipinski definition) is 2. The van der Waals surface area contributed by atoms with Crippen LogP contribution in [0.3, 0.4) is 0 Å². The van der Waals surface area contributed by atoms with E-state index in [1.54, 1.807) is 17.3 Å². The Bertz CT molecular complexity index is 1620. The Morgan fingerprint density at radius 3 is 2.42 bits per heavy atom. The third-order valence-electron chi connectivity index (χ3n) is 6.57. The molecule has 2 aliphatic heterocycles. The number of para-hydroxylation sites is 1. The molecule has 4 aromatic rings. The van der Waals surface area contributed by atoms with Gasteiger partial charge in [0.15, 0.2) is 34.7 Å². The number of ether oxygens (including phenoxy) is 3. The van der Waals surface area contributed by atoms with Gasteiger partial charge in [-0.2, -0.15) is 0 Å². The van der Waals surface area contributed by atoms with Gasteiger partial charge in [0.1, 0.15) is 18.1 Å². The topological polar surface area (TPSA) is 113 Å². The standard InChI is InChI=1S/C27H22F2N6O3/c1-36-18-9-19(37-2)22(29)25(21(18)28)34-12-15-11-33-26(31)16(10-30)24(15)35(27(34)20-13-38-20)17-7-3-5-14-6-4-8-32-23(14)17/h3-11,30H,12-13H2,1-2H3,(H2,31,33)/b27-20+,30-10?. The van der Waals surface area contributed by atoms with Crippen molar-refractivity contribution in [2.45, 2.75) is 6.54 Å². The van der Waals surface area contributed by atoms with Crippen molar-refractivity contribution in [2.75, 3.05) is 36.4 Å². The number of nitrogens with two attached hydrogens (primary N) is 1. The van der Waals surface area contributed by atoms with Gasteiger partial charge >= 0.3 is 0 Å². The molecule has 11 heteroatoms. The fourth-order valence-electron chi connectivity index (χ4n) is 4.80. The highest BCUT2D eigenvalue weighted by Gasteiger charge is 2.41. The number of pyridine rings is 2. The molecule has 0 saturated carbocycles. The second-order valence-corrected chi connectivity index (χ2v) is 8.64. The molecule has 1 fully saturated rings. The minimum Gasteiger partial charge on any atom is -0.493 e. The van der Waals surface area contributed by atoms with Crippen LogP contribution >= 0.6 is 0 Å². The van der Waals surface area contributed by atoms with E-state index in [1.165, 1.54) is 19.1 Å². The van der Waals surface area contributed by atoms with Crippen molar-refractivity contribution in [2.24, 2.45) is 0 Å². The molecule has 6 rings (SSSR count). The second kappa shape index (κ2) is 8.87. The number of fused-ring (bicyclic) bond motifs is 2. The highest BCUT2D eigenvalue weighted by Crippen LogP contribution is 2.50. The lowest BCUT2D eigenvalue weighted by Crippen LogP contribution is -2.40. The molecule has 9 nitrogen and oxygen atoms in total. The number of nitrogens with zero attached hydrogens (tertiary/aromatic N) is 4. The van der Waals surface area contributed by atoms with Gasteiger partial charge in [0.2, 0.25) is 0 Å². The van der Waals surface area contributed by atoms with Crippen LogP contribution in [0.5, 0.6) is 11.5 Å². The van der Waals surface area contributed by atoms with E-state index in [9.17, 15) is 0 Å². The van der Waals surface area contributed by atoms with Gasteiger partial charge in [0.25, 0.3) is 0 Å². The average molecular weight is 517 g/mol. The Hall–Kier alpha value is -4.93. The first-order valence-electron chi connectivity index (χ1n) is 11.6. The zero-order valence-electron chi connectivity index (χ0n) is 20.5. The molecule has 2 aliphatic rings. The van der Waals surface area contributed by atoms with Gasteiger partial charge < -0.3 is 30.3 Å². The average Bonchev–Trinajstić information content (AvgIpc) is 3.78. The van der Waals surface area contributed by atoms with Crippen molar-refractivity contribution < 1.29 is 23.0 Å². The van der Waals surface area contributed by atoms with E-state index in [1.807, 2.05) is 30.3 Å². The van der Waals surface area contributed by atoms with Crippen LogP contribution in [0.1, 0.15) is 11.1 Å². The summed E-state index contributed by atoms with van der Waals surface area (Å²) in [5.74, 6) is -1.17. The minimum atomic E-state index is -0.903. The fourth-order valence-corrected chi connectivity index (χ4v) is 4.80. The number of halogens is 2. The summed E-state index contributed by atoms with van der Waals surface area (Å²) in [6.07, 6.45) is 4.33. The first kappa shape index (κ1) is 23.5. The lowest BCUT2D eigenvalue weighted by molar-refractivity contribution is 0.358. The number of hydrogen-bond acceptors (Lipinski definition) is 9. The summed E-state index contributed by atoms with van der Waals surface area (Å²) >= 11 is 0. The number of methoxy groups -OCH3 is 2. The van der Waals surface area contributed by atoms with Gasteiger partial charge in [-0.25, -0.2) is 13.8 Å². The van der Waals surface area contributed by atoms with Crippen molar-refractivity contribution in [3.63, 3.8) is 0 Å². The van der Waals surface area contributed by atoms with Crippen LogP contribution in [-0.2, 0) is 11.3 Å². The van der Waals surface area contributed by atoms with Crippen molar-refractivity contribution in [1.29, 1.82) is 5.41 Å². The number of epoxide rings is 1. The molecule has 0 aliphatic carbocycles. The maximum absolute atomic E-state index is 15.8. The number of benzene rings is 2. The highest BCUT2D eigenvalue weighted by molar-refractivity contribution is 6.01. The highest BCUT2D eigenvalue weighted by atomic mass is 19.1. The minimum absolute atomic E-state index is 0.00447. The summed E-state index contributed by atoms with van der Waals surface area (Å²) in [4.78, 5) is 12.1. The van der Waals surface area contributed by atoms with Crippen LogP contribution in [-0.4, -0.2) is 37.0 Å². The zero-order chi connectivity index (χ0) is 26.6. The van der Waals surface area contributed by atoms with E-state index < -0.39 is 11.6 Å². The molecule has 192 valence electrons. The Labute approximate surface area is 216 Å². The monoisotopic (exact) mass is 516 g/mol. The second-order valence-electron chi connectivity index (χ2n) is 8.64. The molecule has 0 spiro atoms. The summed E-state index contributed by atoms with van der Waals surface area (Å²) in [6.45, 7) is 0.255. The first-order valence-corrected chi connectivity index (χ1v) is 11.6. The van der Waals surface area contributed by atoms with Crippen molar-refractivity contribution in [1.82, 2.24) is 9.97 Å². The molecule has 0 atom stereocenters. The van der Waals surface area contributed by atoms with Gasteiger partial charge in [-0.15, -0.1) is 0 Å². The largest absolute Gasteiger partial charge is 0.493 e. The Morgan fingerprint density at radius 1 is 1.05 bits per heavy atom. The summed E-state index contributed by atoms with van der Waals surface area (Å²) in [5, 5.41) is 8.97. The number of aromatic nitrogens is 2. The Morgan fingerprint density at radius 2 is 1.76 bits per heavy atom. The van der Waals surface area contributed by atoms with Crippen LogP contribution in [0.25, 0.3) is 10.9 Å². The molecule has 3 N–H and O–H groups in total. The van der Waals surface area contributed by atoms with E-state index in [0.29, 0.717) is 39.6 Å². The van der Waals surface area contributed by atoms with E-state index >= 15 is 8.78 Å². The van der Waals surface area contributed by atoms with Crippen LogP contribution < -0.4 is 25.0 Å². The van der Waals surface area contributed by atoms with Crippen molar-refractivity contribution in [3.8, 4) is 11.5 Å². The van der Waals surface area contributed by atoms with Gasteiger partial charge in [-0.05, 0) is 12.1 Å². The molecule has 2 aromatic carbocycles. The molecule has 4 heterocycles. The summed E-state index contributed by atoms with van der Waals surface area (Å²) in [6, 6.07) is 10.5. The maximum Gasteiger partial charge on any atom is 0.191 e. The molecular formula is C27H22F2N6O3. The first-order chi connectivity index (χ1) is 18.5. The van der Waals surface area contributed by atoms with Crippen LogP contribution in [0.15, 0.2) is 60.4 Å². The molecular weight excluding hydrogens is 494 g/mol. The normalized spacial score (nSPS) is 16.2. The molecule has 0 unspecified atom stereocenters. The number of nitrogen functional groups attached to an aromatic ring is 1. The predicted molar refractivity (Wildman–Crippen MR) is 139 cm³/mol. The number of anilines is 4. The van der Waals surface area contributed by atoms with Gasteiger partial charge in [0.05, 0.1) is 43.2 Å². The third-order valence-corrected chi connectivity index (χ3v) is 6.57. The smallest absolute Gasteiger partial charge is 0.191 e. The Balaban J connectivity index is 1.71. The van der Waals surface area contributed by atoms with E-state index in [-0.39, 0.29) is 36.2 Å². The Kier molecular flexibility index (Phi) is 5.48.